The molecule has 1 rings (SSSR count). The Hall–Kier alpha value is -1.60. The van der Waals surface area contributed by atoms with E-state index in [2.05, 4.69) is 11.8 Å². The van der Waals surface area contributed by atoms with Crippen molar-refractivity contribution in [1.29, 1.82) is 0 Å². The lowest BCUT2D eigenvalue weighted by Gasteiger charge is -1.99. The number of hydrogen-bond acceptors (Lipinski definition) is 2. The van der Waals surface area contributed by atoms with Crippen LogP contribution in [0.4, 0.5) is 10.1 Å². The van der Waals surface area contributed by atoms with Gasteiger partial charge in [-0.15, -0.1) is 11.6 Å². The van der Waals surface area contributed by atoms with Gasteiger partial charge in [0.2, 0.25) is 0 Å². The Labute approximate surface area is 97.4 Å². The zero-order valence-corrected chi connectivity index (χ0v) is 9.34. The molecule has 84 valence electrons. The number of benzene rings is 1. The minimum absolute atomic E-state index is 0.0300. The third kappa shape index (κ3) is 2.94. The molecule has 0 aliphatic rings. The van der Waals surface area contributed by atoms with E-state index in [4.69, 9.17) is 11.6 Å². The van der Waals surface area contributed by atoms with E-state index in [0.29, 0.717) is 12.3 Å². The predicted octanol–water partition coefficient (Wildman–Crippen LogP) is 3.02. The molecule has 0 aromatic heterocycles. The monoisotopic (exact) mass is 241 g/mol. The van der Waals surface area contributed by atoms with Gasteiger partial charge in [0.05, 0.1) is 10.5 Å². The Kier molecular flexibility index (Phi) is 4.27. The van der Waals surface area contributed by atoms with E-state index in [1.54, 1.807) is 0 Å². The third-order valence-corrected chi connectivity index (χ3v) is 2.11. The zero-order chi connectivity index (χ0) is 12.1. The van der Waals surface area contributed by atoms with Crippen molar-refractivity contribution in [3.8, 4) is 11.8 Å². The summed E-state index contributed by atoms with van der Waals surface area (Å²) in [6, 6.07) is 2.26. The topological polar surface area (TPSA) is 43.1 Å². The Balaban J connectivity index is 3.16. The molecule has 1 aromatic carbocycles. The number of rotatable bonds is 2. The fourth-order valence-corrected chi connectivity index (χ4v) is 1.25. The number of aryl methyl sites for hydroxylation is 1. The molecule has 0 atom stereocenters. The number of nitro benzene ring substituents is 1. The van der Waals surface area contributed by atoms with Crippen molar-refractivity contribution in [2.45, 2.75) is 13.3 Å². The fourth-order valence-electron chi connectivity index (χ4n) is 1.16. The Morgan fingerprint density at radius 3 is 2.81 bits per heavy atom. The van der Waals surface area contributed by atoms with Gasteiger partial charge in [-0.2, -0.15) is 0 Å². The second-order valence-electron chi connectivity index (χ2n) is 3.12. The fraction of sp³-hybridized carbons (Fsp3) is 0.273. The van der Waals surface area contributed by atoms with Crippen LogP contribution in [-0.2, 0) is 0 Å². The average Bonchev–Trinajstić information content (AvgIpc) is 2.21. The summed E-state index contributed by atoms with van der Waals surface area (Å²) >= 11 is 5.41. The molecule has 0 aliphatic heterocycles. The summed E-state index contributed by atoms with van der Waals surface area (Å²) < 4.78 is 13.4. The van der Waals surface area contributed by atoms with Gasteiger partial charge in [-0.05, 0) is 13.0 Å². The molecule has 0 bridgehead atoms. The van der Waals surface area contributed by atoms with Gasteiger partial charge in [0, 0.05) is 23.9 Å². The highest BCUT2D eigenvalue weighted by Gasteiger charge is 2.14. The summed E-state index contributed by atoms with van der Waals surface area (Å²) in [5, 5.41) is 10.6. The highest BCUT2D eigenvalue weighted by Crippen LogP contribution is 2.21. The lowest BCUT2D eigenvalue weighted by atomic mass is 10.1. The molecule has 0 radical (unpaired) electrons. The Morgan fingerprint density at radius 2 is 2.25 bits per heavy atom. The smallest absolute Gasteiger partial charge is 0.258 e. The number of nitrogens with zero attached hydrogens (tertiary/aromatic N) is 1. The van der Waals surface area contributed by atoms with Gasteiger partial charge in [0.15, 0.2) is 0 Å². The lowest BCUT2D eigenvalue weighted by Crippen LogP contribution is -1.95. The van der Waals surface area contributed by atoms with Gasteiger partial charge < -0.3 is 0 Å². The van der Waals surface area contributed by atoms with Crippen molar-refractivity contribution >= 4 is 17.3 Å². The van der Waals surface area contributed by atoms with Gasteiger partial charge in [-0.3, -0.25) is 10.1 Å². The van der Waals surface area contributed by atoms with Crippen LogP contribution in [0.3, 0.4) is 0 Å². The highest BCUT2D eigenvalue weighted by molar-refractivity contribution is 6.18. The summed E-state index contributed by atoms with van der Waals surface area (Å²) in [5.74, 6) is 4.95. The Bertz CT molecular complexity index is 477. The second-order valence-corrected chi connectivity index (χ2v) is 3.49. The summed E-state index contributed by atoms with van der Waals surface area (Å²) in [6.07, 6.45) is 0.419. The maximum absolute atomic E-state index is 13.4. The standard InChI is InChI=1S/C11H9ClFNO2/c1-8-6-10(13)9(4-2-3-5-12)7-11(8)14(15)16/h6-7H,3,5H2,1H3. The van der Waals surface area contributed by atoms with Gasteiger partial charge in [-0.1, -0.05) is 11.8 Å². The maximum Gasteiger partial charge on any atom is 0.273 e. The van der Waals surface area contributed by atoms with Crippen LogP contribution < -0.4 is 0 Å². The molecule has 0 saturated heterocycles. The first-order valence-electron chi connectivity index (χ1n) is 4.55. The molecule has 0 amide bonds. The van der Waals surface area contributed by atoms with E-state index in [-0.39, 0.29) is 16.8 Å². The summed E-state index contributed by atoms with van der Waals surface area (Å²) in [7, 11) is 0. The van der Waals surface area contributed by atoms with Crippen LogP contribution in [-0.4, -0.2) is 10.8 Å². The van der Waals surface area contributed by atoms with Crippen molar-refractivity contribution in [3.63, 3.8) is 0 Å². The van der Waals surface area contributed by atoms with Crippen LogP contribution in [0.2, 0.25) is 0 Å². The number of halogens is 2. The molecular formula is C11H9ClFNO2. The van der Waals surface area contributed by atoms with E-state index < -0.39 is 10.7 Å². The first-order chi connectivity index (χ1) is 7.56. The van der Waals surface area contributed by atoms with Gasteiger partial charge in [0.1, 0.15) is 5.82 Å². The first kappa shape index (κ1) is 12.5. The van der Waals surface area contributed by atoms with Gasteiger partial charge in [-0.25, -0.2) is 4.39 Å². The molecule has 0 spiro atoms. The summed E-state index contributed by atoms with van der Waals surface area (Å²) in [4.78, 5) is 10.1. The number of hydrogen-bond donors (Lipinski definition) is 0. The molecular weight excluding hydrogens is 233 g/mol. The molecule has 5 heteroatoms. The minimum atomic E-state index is -0.554. The van der Waals surface area contributed by atoms with Crippen molar-refractivity contribution in [1.82, 2.24) is 0 Å². The van der Waals surface area contributed by atoms with Gasteiger partial charge in [0.25, 0.3) is 5.69 Å². The SMILES string of the molecule is Cc1cc(F)c(C#CCCCl)cc1[N+](=O)[O-]. The minimum Gasteiger partial charge on any atom is -0.258 e. The molecule has 16 heavy (non-hydrogen) atoms. The van der Waals surface area contributed by atoms with Crippen molar-refractivity contribution in [2.24, 2.45) is 0 Å². The molecule has 0 saturated carbocycles. The predicted molar refractivity (Wildman–Crippen MR) is 60.0 cm³/mol. The molecule has 1 aromatic rings. The molecule has 0 aliphatic carbocycles. The third-order valence-electron chi connectivity index (χ3n) is 1.92. The van der Waals surface area contributed by atoms with Crippen LogP contribution in [0.1, 0.15) is 17.5 Å². The number of alkyl halides is 1. The van der Waals surface area contributed by atoms with Crippen LogP contribution in [0.15, 0.2) is 12.1 Å². The van der Waals surface area contributed by atoms with Crippen molar-refractivity contribution in [2.75, 3.05) is 5.88 Å². The quantitative estimate of drug-likeness (QED) is 0.346. The normalized spacial score (nSPS) is 9.44. The summed E-state index contributed by atoms with van der Waals surface area (Å²) in [5.41, 5.74) is 0.185. The van der Waals surface area contributed by atoms with Crippen molar-refractivity contribution in [3.05, 3.63) is 39.2 Å². The van der Waals surface area contributed by atoms with Gasteiger partial charge >= 0.3 is 0 Å². The average molecular weight is 242 g/mol. The highest BCUT2D eigenvalue weighted by atomic mass is 35.5. The van der Waals surface area contributed by atoms with E-state index in [1.165, 1.54) is 6.92 Å². The molecule has 0 fully saturated rings. The van der Waals surface area contributed by atoms with Crippen molar-refractivity contribution < 1.29 is 9.31 Å². The molecule has 0 unspecified atom stereocenters. The Morgan fingerprint density at radius 1 is 1.56 bits per heavy atom. The van der Waals surface area contributed by atoms with Crippen LogP contribution in [0, 0.1) is 34.7 Å². The summed E-state index contributed by atoms with van der Waals surface area (Å²) in [6.45, 7) is 1.48. The van der Waals surface area contributed by atoms with E-state index in [9.17, 15) is 14.5 Å². The van der Waals surface area contributed by atoms with Crippen LogP contribution in [0.25, 0.3) is 0 Å². The van der Waals surface area contributed by atoms with Crippen LogP contribution in [0.5, 0.6) is 0 Å². The van der Waals surface area contributed by atoms with Crippen LogP contribution >= 0.6 is 11.6 Å². The second kappa shape index (κ2) is 5.47. The zero-order valence-electron chi connectivity index (χ0n) is 8.59. The first-order valence-corrected chi connectivity index (χ1v) is 5.09. The van der Waals surface area contributed by atoms with E-state index >= 15 is 0 Å². The largest absolute Gasteiger partial charge is 0.273 e. The lowest BCUT2D eigenvalue weighted by molar-refractivity contribution is -0.385. The number of nitro groups is 1. The molecule has 0 N–H and O–H groups in total. The molecule has 3 nitrogen and oxygen atoms in total. The molecule has 0 heterocycles. The van der Waals surface area contributed by atoms with E-state index in [0.717, 1.165) is 12.1 Å². The van der Waals surface area contributed by atoms with E-state index in [1.807, 2.05) is 0 Å². The maximum atomic E-state index is 13.4.